The highest BCUT2D eigenvalue weighted by molar-refractivity contribution is 7.71. The first-order valence-electron chi connectivity index (χ1n) is 9.08. The zero-order valence-corrected chi connectivity index (χ0v) is 18.7. The van der Waals surface area contributed by atoms with E-state index in [0.29, 0.717) is 16.5 Å². The molecule has 29 heavy (non-hydrogen) atoms. The summed E-state index contributed by atoms with van der Waals surface area (Å²) in [6.07, 6.45) is 0.679. The Bertz CT molecular complexity index is 1140. The monoisotopic (exact) mass is 441 g/mol. The van der Waals surface area contributed by atoms with Crippen LogP contribution in [0.4, 0.5) is 4.39 Å². The van der Waals surface area contributed by atoms with Gasteiger partial charge in [0.25, 0.3) is 0 Å². The summed E-state index contributed by atoms with van der Waals surface area (Å²) in [4.78, 5) is 25.3. The smallest absolute Gasteiger partial charge is 0.399 e. The normalized spacial score (nSPS) is 21.0. The summed E-state index contributed by atoms with van der Waals surface area (Å²) >= 11 is 11.3. The Kier molecular flexibility index (Phi) is 5.44. The minimum atomic E-state index is -0.881. The molecule has 1 aromatic heterocycles. The fourth-order valence-electron chi connectivity index (χ4n) is 3.31. The van der Waals surface area contributed by atoms with Crippen molar-refractivity contribution in [2.75, 3.05) is 0 Å². The molecule has 0 bridgehead atoms. The summed E-state index contributed by atoms with van der Waals surface area (Å²) in [6.45, 7) is 7.70. The second-order valence-corrected chi connectivity index (χ2v) is 8.56. The molecule has 0 saturated carbocycles. The van der Waals surface area contributed by atoms with E-state index >= 15 is 0 Å². The van der Waals surface area contributed by atoms with Crippen LogP contribution in [0.5, 0.6) is 0 Å². The van der Waals surface area contributed by atoms with Gasteiger partial charge in [-0.25, -0.2) is 18.5 Å². The average Bonchev–Trinajstić information content (AvgIpc) is 2.89. The highest BCUT2D eigenvalue weighted by Gasteiger charge is 2.54. The first-order chi connectivity index (χ1) is 13.3. The number of rotatable bonds is 3. The van der Waals surface area contributed by atoms with Crippen LogP contribution >= 0.6 is 23.8 Å². The van der Waals surface area contributed by atoms with Gasteiger partial charge in [-0.2, -0.15) is 0 Å². The largest absolute Gasteiger partial charge is 0.496 e. The number of aromatic nitrogens is 3. The van der Waals surface area contributed by atoms with E-state index in [9.17, 15) is 14.0 Å². The van der Waals surface area contributed by atoms with Crippen molar-refractivity contribution in [3.05, 3.63) is 48.7 Å². The number of nitrogens with zero attached hydrogens (tertiary/aromatic N) is 3. The van der Waals surface area contributed by atoms with E-state index in [1.807, 2.05) is 27.7 Å². The average molecular weight is 442 g/mol. The molecular formula is C18H22BClFN3O4S. The van der Waals surface area contributed by atoms with Gasteiger partial charge in [-0.15, -0.1) is 0 Å². The van der Waals surface area contributed by atoms with Crippen molar-refractivity contribution >= 4 is 36.4 Å². The molecule has 7 nitrogen and oxygen atoms in total. The van der Waals surface area contributed by atoms with Crippen molar-refractivity contribution < 1.29 is 13.7 Å². The molecule has 2 heterocycles. The standard InChI is InChI=1S/C18H22BClFN3O4S/c1-7-18(4)17(2,3)27-19(28-18)10-8-13(12(21)9-11(10)20)24-14(25)22(5)16(29)23(6)15(24)26/h8-9H,7H2,1-6H3. The lowest BCUT2D eigenvalue weighted by Gasteiger charge is -2.35. The van der Waals surface area contributed by atoms with Gasteiger partial charge in [-0.1, -0.05) is 18.5 Å². The van der Waals surface area contributed by atoms with E-state index in [1.165, 1.54) is 20.2 Å². The van der Waals surface area contributed by atoms with Gasteiger partial charge >= 0.3 is 18.5 Å². The molecule has 1 fully saturated rings. The van der Waals surface area contributed by atoms with Gasteiger partial charge in [0.15, 0.2) is 4.77 Å². The minimum absolute atomic E-state index is 0.0220. The Labute approximate surface area is 177 Å². The van der Waals surface area contributed by atoms with Crippen LogP contribution in [0, 0.1) is 10.6 Å². The summed E-state index contributed by atoms with van der Waals surface area (Å²) in [6, 6.07) is 2.35. The van der Waals surface area contributed by atoms with Crippen molar-refractivity contribution in [1.82, 2.24) is 13.7 Å². The lowest BCUT2D eigenvalue weighted by atomic mass is 9.78. The van der Waals surface area contributed by atoms with Crippen LogP contribution < -0.4 is 16.8 Å². The third kappa shape index (κ3) is 3.32. The van der Waals surface area contributed by atoms with Crippen molar-refractivity contribution in [3.8, 4) is 5.69 Å². The van der Waals surface area contributed by atoms with E-state index in [2.05, 4.69) is 0 Å². The Morgan fingerprint density at radius 2 is 1.69 bits per heavy atom. The molecule has 1 saturated heterocycles. The van der Waals surface area contributed by atoms with Crippen LogP contribution in [-0.4, -0.2) is 32.0 Å². The van der Waals surface area contributed by atoms with Gasteiger partial charge in [-0.3, -0.25) is 9.13 Å². The summed E-state index contributed by atoms with van der Waals surface area (Å²) in [5, 5.41) is 0.0709. The maximum absolute atomic E-state index is 14.8. The van der Waals surface area contributed by atoms with Gasteiger partial charge in [0.2, 0.25) is 0 Å². The minimum Gasteiger partial charge on any atom is -0.399 e. The van der Waals surface area contributed by atoms with E-state index in [0.717, 1.165) is 15.2 Å². The van der Waals surface area contributed by atoms with Crippen LogP contribution in [0.1, 0.15) is 34.1 Å². The summed E-state index contributed by atoms with van der Waals surface area (Å²) in [5.41, 5.74) is -2.69. The van der Waals surface area contributed by atoms with Crippen LogP contribution in [0.15, 0.2) is 21.7 Å². The highest BCUT2D eigenvalue weighted by Crippen LogP contribution is 2.39. The van der Waals surface area contributed by atoms with Crippen LogP contribution in [0.3, 0.4) is 0 Å². The third-order valence-electron chi connectivity index (χ3n) is 5.81. The van der Waals surface area contributed by atoms with Crippen molar-refractivity contribution in [1.29, 1.82) is 0 Å². The third-order valence-corrected chi connectivity index (χ3v) is 6.68. The molecule has 0 spiro atoms. The maximum atomic E-state index is 14.8. The molecule has 1 aliphatic rings. The molecule has 0 amide bonds. The first-order valence-corrected chi connectivity index (χ1v) is 9.87. The fraction of sp³-hybridized carbons (Fsp3) is 0.500. The number of hydrogen-bond donors (Lipinski definition) is 0. The molecule has 1 aromatic carbocycles. The Hall–Kier alpha value is -1.75. The zero-order valence-electron chi connectivity index (χ0n) is 17.1. The van der Waals surface area contributed by atoms with Crippen molar-refractivity contribution in [2.24, 2.45) is 14.1 Å². The molecule has 0 N–H and O–H groups in total. The maximum Gasteiger partial charge on any atom is 0.496 e. The molecule has 0 radical (unpaired) electrons. The number of benzene rings is 1. The molecule has 2 aromatic rings. The zero-order chi connectivity index (χ0) is 21.9. The summed E-state index contributed by atoms with van der Waals surface area (Å²) in [7, 11) is 1.94. The van der Waals surface area contributed by atoms with E-state index in [1.54, 1.807) is 0 Å². The molecule has 0 aliphatic carbocycles. The van der Waals surface area contributed by atoms with Crippen LogP contribution in [-0.2, 0) is 23.4 Å². The van der Waals surface area contributed by atoms with Gasteiger partial charge in [0, 0.05) is 24.6 Å². The quantitative estimate of drug-likeness (QED) is 0.539. The Balaban J connectivity index is 2.24. The van der Waals surface area contributed by atoms with Gasteiger partial charge in [-0.05, 0) is 51.5 Å². The van der Waals surface area contributed by atoms with E-state index in [4.69, 9.17) is 33.1 Å². The molecule has 11 heteroatoms. The number of halogens is 2. The topological polar surface area (TPSA) is 67.4 Å². The second kappa shape index (κ2) is 7.19. The van der Waals surface area contributed by atoms with Crippen molar-refractivity contribution in [3.63, 3.8) is 0 Å². The highest BCUT2D eigenvalue weighted by atomic mass is 35.5. The second-order valence-electron chi connectivity index (χ2n) is 7.79. The van der Waals surface area contributed by atoms with Gasteiger partial charge < -0.3 is 9.31 Å². The van der Waals surface area contributed by atoms with Crippen LogP contribution in [0.25, 0.3) is 5.69 Å². The lowest BCUT2D eigenvalue weighted by molar-refractivity contribution is -0.0118. The van der Waals surface area contributed by atoms with E-state index in [-0.39, 0.29) is 15.5 Å². The lowest BCUT2D eigenvalue weighted by Crippen LogP contribution is -2.44. The fourth-order valence-corrected chi connectivity index (χ4v) is 3.71. The predicted octanol–water partition coefficient (Wildman–Crippen LogP) is 2.09. The molecule has 1 unspecified atom stereocenters. The molecule has 1 atom stereocenters. The van der Waals surface area contributed by atoms with Crippen molar-refractivity contribution in [2.45, 2.75) is 45.3 Å². The van der Waals surface area contributed by atoms with Gasteiger partial charge in [0.05, 0.1) is 16.9 Å². The van der Waals surface area contributed by atoms with Gasteiger partial charge in [0.1, 0.15) is 5.82 Å². The Morgan fingerprint density at radius 1 is 1.14 bits per heavy atom. The molecular weight excluding hydrogens is 420 g/mol. The number of hydrogen-bond acceptors (Lipinski definition) is 5. The molecule has 3 rings (SSSR count). The molecule has 156 valence electrons. The van der Waals surface area contributed by atoms with Crippen LogP contribution in [0.2, 0.25) is 5.02 Å². The van der Waals surface area contributed by atoms with E-state index < -0.39 is 35.5 Å². The summed E-state index contributed by atoms with van der Waals surface area (Å²) in [5.74, 6) is -0.828. The first kappa shape index (κ1) is 22.0. The predicted molar refractivity (Wildman–Crippen MR) is 112 cm³/mol. The molecule has 1 aliphatic heterocycles. The summed E-state index contributed by atoms with van der Waals surface area (Å²) < 4.78 is 29.9. The SMILES string of the molecule is CCC1(C)OB(c2cc(-n3c(=O)n(C)c(=S)n(C)c3=O)c(F)cc2Cl)OC1(C)C. The Morgan fingerprint density at radius 3 is 2.17 bits per heavy atom.